The fourth-order valence-corrected chi connectivity index (χ4v) is 2.94. The van der Waals surface area contributed by atoms with Gasteiger partial charge in [-0.2, -0.15) is 0 Å². The van der Waals surface area contributed by atoms with Gasteiger partial charge in [0, 0.05) is 44.6 Å². The maximum Gasteiger partial charge on any atom is 0.246 e. The number of hydrogen-bond donors (Lipinski definition) is 0. The zero-order chi connectivity index (χ0) is 17.2. The lowest BCUT2D eigenvalue weighted by Crippen LogP contribution is -2.48. The van der Waals surface area contributed by atoms with E-state index in [4.69, 9.17) is 4.42 Å². The van der Waals surface area contributed by atoms with Gasteiger partial charge in [-0.3, -0.25) is 9.20 Å². The molecule has 25 heavy (non-hydrogen) atoms. The molecule has 4 heterocycles. The zero-order valence-corrected chi connectivity index (χ0v) is 13.9. The summed E-state index contributed by atoms with van der Waals surface area (Å²) in [5, 5.41) is 8.32. The Kier molecular flexibility index (Phi) is 3.93. The van der Waals surface area contributed by atoms with Crippen LogP contribution in [-0.4, -0.2) is 56.6 Å². The monoisotopic (exact) mass is 338 g/mol. The SMILES string of the molecule is Cc1nnc2c(N3CCN(C(=O)/C=C/c4ccco4)CC3)nccn12. The maximum atomic E-state index is 12.3. The number of carbonyl (C=O) groups is 1. The standard InChI is InChI=1S/C17H18N6O2/c1-13-19-20-17-16(18-6-7-23(13)17)22-10-8-21(9-11-22)15(24)5-4-14-3-2-12-25-14/h2-7,12H,8-11H2,1H3/b5-4+. The molecule has 3 aromatic heterocycles. The average molecular weight is 338 g/mol. The fourth-order valence-electron chi connectivity index (χ4n) is 2.94. The maximum absolute atomic E-state index is 12.3. The number of fused-ring (bicyclic) bond motifs is 1. The molecule has 3 aromatic rings. The molecular weight excluding hydrogens is 320 g/mol. The molecule has 4 rings (SSSR count). The molecule has 1 fully saturated rings. The van der Waals surface area contributed by atoms with Crippen LogP contribution in [0.4, 0.5) is 5.82 Å². The van der Waals surface area contributed by atoms with Crippen LogP contribution < -0.4 is 4.90 Å². The number of amides is 1. The van der Waals surface area contributed by atoms with Crippen molar-refractivity contribution in [1.82, 2.24) is 24.5 Å². The van der Waals surface area contributed by atoms with Crippen molar-refractivity contribution >= 4 is 23.4 Å². The van der Waals surface area contributed by atoms with Gasteiger partial charge in [0.1, 0.15) is 11.6 Å². The predicted molar refractivity (Wildman–Crippen MR) is 92.1 cm³/mol. The van der Waals surface area contributed by atoms with Crippen molar-refractivity contribution in [3.63, 3.8) is 0 Å². The highest BCUT2D eigenvalue weighted by Crippen LogP contribution is 2.19. The second kappa shape index (κ2) is 6.39. The lowest BCUT2D eigenvalue weighted by Gasteiger charge is -2.34. The molecule has 0 aliphatic carbocycles. The van der Waals surface area contributed by atoms with E-state index in [1.54, 1.807) is 30.7 Å². The number of aryl methyl sites for hydroxylation is 1. The van der Waals surface area contributed by atoms with E-state index in [0.29, 0.717) is 31.9 Å². The van der Waals surface area contributed by atoms with E-state index in [1.165, 1.54) is 0 Å². The first-order valence-electron chi connectivity index (χ1n) is 8.14. The first-order chi connectivity index (χ1) is 12.2. The molecule has 1 saturated heterocycles. The highest BCUT2D eigenvalue weighted by atomic mass is 16.3. The number of nitrogens with zero attached hydrogens (tertiary/aromatic N) is 6. The summed E-state index contributed by atoms with van der Waals surface area (Å²) in [6, 6.07) is 3.61. The number of carbonyl (C=O) groups excluding carboxylic acids is 1. The molecule has 0 aromatic carbocycles. The van der Waals surface area contributed by atoms with Crippen LogP contribution in [0.15, 0.2) is 41.3 Å². The Morgan fingerprint density at radius 1 is 1.24 bits per heavy atom. The van der Waals surface area contributed by atoms with Crippen molar-refractivity contribution in [2.45, 2.75) is 6.92 Å². The van der Waals surface area contributed by atoms with Crippen LogP contribution >= 0.6 is 0 Å². The third kappa shape index (κ3) is 2.98. The van der Waals surface area contributed by atoms with Crippen molar-refractivity contribution in [3.8, 4) is 0 Å². The lowest BCUT2D eigenvalue weighted by molar-refractivity contribution is -0.126. The molecule has 0 spiro atoms. The summed E-state index contributed by atoms with van der Waals surface area (Å²) in [4.78, 5) is 20.7. The molecule has 0 radical (unpaired) electrons. The molecule has 0 atom stereocenters. The fraction of sp³-hybridized carbons (Fsp3) is 0.294. The van der Waals surface area contributed by atoms with Gasteiger partial charge in [-0.05, 0) is 25.1 Å². The van der Waals surface area contributed by atoms with E-state index in [-0.39, 0.29) is 5.91 Å². The van der Waals surface area contributed by atoms with Crippen molar-refractivity contribution in [2.24, 2.45) is 0 Å². The number of piperazine rings is 1. The minimum absolute atomic E-state index is 0.0134. The first-order valence-corrected chi connectivity index (χ1v) is 8.14. The van der Waals surface area contributed by atoms with Gasteiger partial charge in [0.25, 0.3) is 0 Å². The molecule has 0 bridgehead atoms. The minimum atomic E-state index is -0.0134. The van der Waals surface area contributed by atoms with Crippen molar-refractivity contribution in [2.75, 3.05) is 31.1 Å². The van der Waals surface area contributed by atoms with Crippen molar-refractivity contribution < 1.29 is 9.21 Å². The summed E-state index contributed by atoms with van der Waals surface area (Å²) in [5.41, 5.74) is 0.748. The first kappa shape index (κ1) is 15.4. The second-order valence-corrected chi connectivity index (χ2v) is 5.85. The molecule has 0 saturated carbocycles. The van der Waals surface area contributed by atoms with Gasteiger partial charge in [0.05, 0.1) is 6.26 Å². The minimum Gasteiger partial charge on any atom is -0.465 e. The molecule has 1 amide bonds. The second-order valence-electron chi connectivity index (χ2n) is 5.85. The van der Waals surface area contributed by atoms with E-state index in [1.807, 2.05) is 28.5 Å². The molecule has 0 N–H and O–H groups in total. The van der Waals surface area contributed by atoms with Gasteiger partial charge >= 0.3 is 0 Å². The number of hydrogen-bond acceptors (Lipinski definition) is 6. The van der Waals surface area contributed by atoms with Crippen molar-refractivity contribution in [1.29, 1.82) is 0 Å². The van der Waals surface area contributed by atoms with Crippen LogP contribution in [0.25, 0.3) is 11.7 Å². The molecule has 1 aliphatic rings. The normalized spacial score (nSPS) is 15.4. The van der Waals surface area contributed by atoms with Crippen LogP contribution in [0.5, 0.6) is 0 Å². The van der Waals surface area contributed by atoms with Gasteiger partial charge in [-0.1, -0.05) is 0 Å². The van der Waals surface area contributed by atoms with E-state index in [0.717, 1.165) is 17.3 Å². The largest absolute Gasteiger partial charge is 0.465 e. The Bertz CT molecular complexity index is 907. The highest BCUT2D eigenvalue weighted by Gasteiger charge is 2.23. The summed E-state index contributed by atoms with van der Waals surface area (Å²) in [5.74, 6) is 2.29. The summed E-state index contributed by atoms with van der Waals surface area (Å²) < 4.78 is 7.12. The van der Waals surface area contributed by atoms with Crippen LogP contribution in [0, 0.1) is 6.92 Å². The van der Waals surface area contributed by atoms with Crippen molar-refractivity contribution in [3.05, 3.63) is 48.5 Å². The van der Waals surface area contributed by atoms with Gasteiger partial charge in [0.2, 0.25) is 11.6 Å². The highest BCUT2D eigenvalue weighted by molar-refractivity contribution is 5.91. The van der Waals surface area contributed by atoms with Gasteiger partial charge < -0.3 is 14.2 Å². The molecule has 8 nitrogen and oxygen atoms in total. The third-order valence-corrected chi connectivity index (χ3v) is 4.30. The number of anilines is 1. The summed E-state index contributed by atoms with van der Waals surface area (Å²) in [6.07, 6.45) is 8.43. The molecule has 1 aliphatic heterocycles. The van der Waals surface area contributed by atoms with Crippen LogP contribution in [0.1, 0.15) is 11.6 Å². The molecular formula is C17H18N6O2. The molecule has 0 unspecified atom stereocenters. The quantitative estimate of drug-likeness (QED) is 0.672. The van der Waals surface area contributed by atoms with E-state index < -0.39 is 0 Å². The van der Waals surface area contributed by atoms with Crippen LogP contribution in [-0.2, 0) is 4.79 Å². The smallest absolute Gasteiger partial charge is 0.246 e. The van der Waals surface area contributed by atoms with Gasteiger partial charge in [-0.25, -0.2) is 4.98 Å². The Labute approximate surface area is 144 Å². The Morgan fingerprint density at radius 2 is 2.08 bits per heavy atom. The van der Waals surface area contributed by atoms with E-state index in [9.17, 15) is 4.79 Å². The Morgan fingerprint density at radius 3 is 2.84 bits per heavy atom. The van der Waals surface area contributed by atoms with Crippen LogP contribution in [0.3, 0.4) is 0 Å². The Balaban J connectivity index is 1.43. The molecule has 128 valence electrons. The summed E-state index contributed by atoms with van der Waals surface area (Å²) >= 11 is 0. The predicted octanol–water partition coefficient (Wildman–Crippen LogP) is 1.39. The summed E-state index contributed by atoms with van der Waals surface area (Å²) in [7, 11) is 0. The topological polar surface area (TPSA) is 79.8 Å². The van der Waals surface area contributed by atoms with Crippen LogP contribution in [0.2, 0.25) is 0 Å². The molecule has 8 heteroatoms. The van der Waals surface area contributed by atoms with E-state index in [2.05, 4.69) is 20.1 Å². The number of aromatic nitrogens is 4. The van der Waals surface area contributed by atoms with E-state index >= 15 is 0 Å². The summed E-state index contributed by atoms with van der Waals surface area (Å²) in [6.45, 7) is 4.60. The number of rotatable bonds is 3. The lowest BCUT2D eigenvalue weighted by atomic mass is 10.3. The number of furan rings is 1. The van der Waals surface area contributed by atoms with Gasteiger partial charge in [0.15, 0.2) is 5.82 Å². The third-order valence-electron chi connectivity index (χ3n) is 4.30. The van der Waals surface area contributed by atoms with Gasteiger partial charge in [-0.15, -0.1) is 10.2 Å². The zero-order valence-electron chi connectivity index (χ0n) is 13.9. The average Bonchev–Trinajstić information content (AvgIpc) is 3.30. The Hall–Kier alpha value is -3.16.